The van der Waals surface area contributed by atoms with Gasteiger partial charge >= 0.3 is 0 Å². The maximum absolute atomic E-state index is 9.35. The van der Waals surface area contributed by atoms with E-state index in [1.54, 1.807) is 29.8 Å². The topological polar surface area (TPSA) is 83.7 Å². The van der Waals surface area contributed by atoms with Crippen molar-refractivity contribution >= 4 is 22.9 Å². The highest BCUT2D eigenvalue weighted by molar-refractivity contribution is 7.07. The number of likely N-dealkylation sites (N-methyl/N-ethyl adjacent to an activating group) is 1. The zero-order valence-electron chi connectivity index (χ0n) is 30.2. The lowest BCUT2D eigenvalue weighted by Crippen LogP contribution is -2.22. The number of likely N-dealkylation sites (tertiary alicyclic amines) is 1. The Bertz CT molecular complexity index is 1970. The lowest BCUT2D eigenvalue weighted by Gasteiger charge is -2.21. The molecule has 0 saturated carbocycles. The average Bonchev–Trinajstić information content (AvgIpc) is 3.88. The smallest absolute Gasteiger partial charge is 0.142 e. The summed E-state index contributed by atoms with van der Waals surface area (Å²) in [7, 11) is 2.07. The molecule has 0 unspecified atom stereocenters. The molecule has 0 amide bonds. The number of nitriles is 1. The molecule has 3 aromatic carbocycles. The Morgan fingerprint density at radius 2 is 1.69 bits per heavy atom. The number of rotatable bonds is 17. The minimum Gasteiger partial charge on any atom is -0.493 e. The van der Waals surface area contributed by atoms with Crippen molar-refractivity contribution in [3.63, 3.8) is 0 Å². The van der Waals surface area contributed by atoms with Crippen molar-refractivity contribution in [1.29, 1.82) is 5.26 Å². The summed E-state index contributed by atoms with van der Waals surface area (Å²) in [5.41, 5.74) is 10.8. The fourth-order valence-corrected chi connectivity index (χ4v) is 7.43. The number of halogens is 1. The molecule has 0 spiro atoms. The molecule has 8 nitrogen and oxygen atoms in total. The van der Waals surface area contributed by atoms with Crippen molar-refractivity contribution in [2.75, 3.05) is 39.8 Å². The highest BCUT2D eigenvalue weighted by atomic mass is 35.5. The van der Waals surface area contributed by atoms with Crippen LogP contribution in [-0.2, 0) is 26.2 Å². The third-order valence-corrected chi connectivity index (χ3v) is 10.5. The van der Waals surface area contributed by atoms with Crippen LogP contribution in [-0.4, -0.2) is 59.6 Å². The van der Waals surface area contributed by atoms with Crippen molar-refractivity contribution in [3.8, 4) is 34.4 Å². The largest absolute Gasteiger partial charge is 0.493 e. The molecule has 6 rings (SSSR count). The van der Waals surface area contributed by atoms with Gasteiger partial charge in [0.25, 0.3) is 0 Å². The van der Waals surface area contributed by atoms with E-state index in [9.17, 15) is 5.26 Å². The van der Waals surface area contributed by atoms with E-state index in [1.807, 2.05) is 17.6 Å². The third kappa shape index (κ3) is 9.90. The minimum absolute atomic E-state index is 0.251. The van der Waals surface area contributed by atoms with E-state index in [1.165, 1.54) is 25.9 Å². The summed E-state index contributed by atoms with van der Waals surface area (Å²) >= 11 is 8.50. The first kappa shape index (κ1) is 37.3. The van der Waals surface area contributed by atoms with Crippen LogP contribution >= 0.6 is 22.9 Å². The summed E-state index contributed by atoms with van der Waals surface area (Å²) < 4.78 is 19.1. The Balaban J connectivity index is 1.16. The third-order valence-electron chi connectivity index (χ3n) is 9.59. The normalized spacial score (nSPS) is 13.0. The van der Waals surface area contributed by atoms with Gasteiger partial charge in [-0.25, -0.2) is 4.98 Å². The summed E-state index contributed by atoms with van der Waals surface area (Å²) in [6.07, 6.45) is 7.76. The second-order valence-electron chi connectivity index (χ2n) is 13.4. The van der Waals surface area contributed by atoms with E-state index in [-0.39, 0.29) is 6.61 Å². The number of benzene rings is 3. The van der Waals surface area contributed by atoms with Gasteiger partial charge in [0.2, 0.25) is 0 Å². The zero-order valence-corrected chi connectivity index (χ0v) is 31.8. The Morgan fingerprint density at radius 3 is 2.48 bits per heavy atom. The van der Waals surface area contributed by atoms with Crippen LogP contribution in [0.15, 0.2) is 77.9 Å². The van der Waals surface area contributed by atoms with Gasteiger partial charge in [-0.15, -0.1) is 11.3 Å². The number of hydrogen-bond acceptors (Lipinski definition) is 9. The molecule has 2 aromatic heterocycles. The van der Waals surface area contributed by atoms with Crippen LogP contribution in [0.2, 0.25) is 5.02 Å². The highest BCUT2D eigenvalue weighted by Crippen LogP contribution is 2.37. The van der Waals surface area contributed by atoms with Crippen molar-refractivity contribution in [1.82, 2.24) is 19.8 Å². The van der Waals surface area contributed by atoms with Crippen LogP contribution in [0.4, 0.5) is 0 Å². The molecule has 1 saturated heterocycles. The molecule has 5 aromatic rings. The molecule has 0 atom stereocenters. The van der Waals surface area contributed by atoms with Crippen molar-refractivity contribution in [2.45, 2.75) is 59.3 Å². The van der Waals surface area contributed by atoms with Crippen LogP contribution in [0.3, 0.4) is 0 Å². The quantitative estimate of drug-likeness (QED) is 0.0876. The number of ether oxygens (including phenoxy) is 3. The first-order valence-electron chi connectivity index (χ1n) is 17.9. The van der Waals surface area contributed by atoms with E-state index in [2.05, 4.69) is 88.5 Å². The fourth-order valence-electron chi connectivity index (χ4n) is 6.60. The molecule has 1 aliphatic heterocycles. The summed E-state index contributed by atoms with van der Waals surface area (Å²) in [6, 6.07) is 20.4. The summed E-state index contributed by atoms with van der Waals surface area (Å²) in [6.45, 7) is 10.6. The number of hydrogen-bond donors (Lipinski definition) is 0. The Labute approximate surface area is 316 Å². The van der Waals surface area contributed by atoms with Gasteiger partial charge in [0.1, 0.15) is 36.5 Å². The van der Waals surface area contributed by atoms with Crippen LogP contribution < -0.4 is 14.2 Å². The van der Waals surface area contributed by atoms with Crippen molar-refractivity contribution in [3.05, 3.63) is 122 Å². The fraction of sp³-hybridized carbons (Fsp3) is 0.357. The van der Waals surface area contributed by atoms with Crippen molar-refractivity contribution < 1.29 is 14.2 Å². The van der Waals surface area contributed by atoms with Gasteiger partial charge in [-0.3, -0.25) is 4.98 Å². The molecular formula is C42H46ClN5O3S. The molecule has 0 N–H and O–H groups in total. The highest BCUT2D eigenvalue weighted by Gasteiger charge is 2.17. The first-order valence-corrected chi connectivity index (χ1v) is 19.2. The van der Waals surface area contributed by atoms with Gasteiger partial charge in [0, 0.05) is 61.0 Å². The van der Waals surface area contributed by atoms with Gasteiger partial charge in [-0.2, -0.15) is 5.26 Å². The predicted molar refractivity (Wildman–Crippen MR) is 208 cm³/mol. The number of aromatic nitrogens is 2. The summed E-state index contributed by atoms with van der Waals surface area (Å²) in [5, 5.41) is 11.9. The standard InChI is InChI=1S/C42H46ClN5O3S/c1-30-34(9-6-10-37(30)38-11-7-12-40(31(38)2)49-18-8-16-48-14-4-5-15-48)27-51-42-21-41(50-26-33-19-32(22-44)23-45-24-33)35(20-39(42)43)25-47(3)17-13-36-28-52-29-46-36/h6-7,9-12,19-21,23-24,28-29H,4-5,8,13-18,25-27H2,1-3H3. The Hall–Kier alpha value is -4.46. The zero-order chi connectivity index (χ0) is 36.3. The first-order chi connectivity index (χ1) is 25.4. The Kier molecular flexibility index (Phi) is 13.2. The van der Waals surface area contributed by atoms with Crippen LogP contribution in [0.25, 0.3) is 11.1 Å². The van der Waals surface area contributed by atoms with Crippen LogP contribution in [0.1, 0.15) is 58.3 Å². The molecule has 0 bridgehead atoms. The van der Waals surface area contributed by atoms with E-state index < -0.39 is 0 Å². The molecule has 1 fully saturated rings. The van der Waals surface area contributed by atoms with Gasteiger partial charge in [-0.1, -0.05) is 41.9 Å². The lowest BCUT2D eigenvalue weighted by atomic mass is 9.93. The van der Waals surface area contributed by atoms with Gasteiger partial charge in [0.15, 0.2) is 0 Å². The van der Waals surface area contributed by atoms with E-state index >= 15 is 0 Å². The molecule has 3 heterocycles. The Morgan fingerprint density at radius 1 is 0.904 bits per heavy atom. The van der Waals surface area contributed by atoms with Crippen molar-refractivity contribution in [2.24, 2.45) is 0 Å². The lowest BCUT2D eigenvalue weighted by molar-refractivity contribution is 0.262. The van der Waals surface area contributed by atoms with Gasteiger partial charge in [-0.05, 0) is 99.3 Å². The molecule has 52 heavy (non-hydrogen) atoms. The SMILES string of the molecule is Cc1c(COc2cc(OCc3cncc(C#N)c3)c(CN(C)CCc3cscn3)cc2Cl)cccc1-c1cccc(OCCCN2CCCC2)c1C. The second kappa shape index (κ2) is 18.3. The van der Waals surface area contributed by atoms with Gasteiger partial charge < -0.3 is 24.0 Å². The average molecular weight is 736 g/mol. The summed E-state index contributed by atoms with van der Waals surface area (Å²) in [5.74, 6) is 2.14. The van der Waals surface area contributed by atoms with Gasteiger partial charge in [0.05, 0.1) is 28.4 Å². The number of thiazole rings is 1. The maximum atomic E-state index is 9.35. The number of nitrogens with zero attached hydrogens (tertiary/aromatic N) is 5. The minimum atomic E-state index is 0.251. The molecular weight excluding hydrogens is 690 g/mol. The molecule has 10 heteroatoms. The van der Waals surface area contributed by atoms with E-state index in [4.69, 9.17) is 25.8 Å². The van der Waals surface area contributed by atoms with E-state index in [0.717, 1.165) is 76.3 Å². The van der Waals surface area contributed by atoms with Crippen LogP contribution in [0.5, 0.6) is 17.2 Å². The monoisotopic (exact) mass is 735 g/mol. The predicted octanol–water partition coefficient (Wildman–Crippen LogP) is 9.04. The molecule has 1 aliphatic rings. The molecule has 0 radical (unpaired) electrons. The molecule has 270 valence electrons. The summed E-state index contributed by atoms with van der Waals surface area (Å²) in [4.78, 5) is 13.4. The van der Waals surface area contributed by atoms with Crippen LogP contribution in [0, 0.1) is 25.2 Å². The number of pyridine rings is 1. The molecule has 0 aliphatic carbocycles. The maximum Gasteiger partial charge on any atom is 0.142 e. The second-order valence-corrected chi connectivity index (χ2v) is 14.5. The van der Waals surface area contributed by atoms with E-state index in [0.29, 0.717) is 41.8 Å².